The predicted octanol–water partition coefficient (Wildman–Crippen LogP) is 3.33. The van der Waals surface area contributed by atoms with E-state index in [1.165, 1.54) is 24.5 Å². The topological polar surface area (TPSA) is 85.6 Å². The molecule has 0 spiro atoms. The molecule has 1 N–H and O–H groups in total. The average molecular weight is 399 g/mol. The first-order valence-electron chi connectivity index (χ1n) is 8.69. The molecule has 0 aliphatic rings. The molecule has 0 unspecified atom stereocenters. The lowest BCUT2D eigenvalue weighted by atomic mass is 10.1. The molecular weight excluding hydrogens is 378 g/mol. The molecule has 0 atom stereocenters. The Hall–Kier alpha value is -2.90. The Kier molecular flexibility index (Phi) is 6.28. The second-order valence-corrected chi connectivity index (χ2v) is 8.22. The van der Waals surface area contributed by atoms with Gasteiger partial charge in [0.15, 0.2) is 15.6 Å². The third-order valence-corrected chi connectivity index (χ3v) is 5.94. The van der Waals surface area contributed by atoms with Gasteiger partial charge in [-0.05, 0) is 29.3 Å². The van der Waals surface area contributed by atoms with Crippen LogP contribution in [-0.4, -0.2) is 21.4 Å². The Morgan fingerprint density at radius 1 is 0.964 bits per heavy atom. The van der Waals surface area contributed by atoms with E-state index in [0.717, 1.165) is 11.1 Å². The smallest absolute Gasteiger partial charge is 0.287 e. The van der Waals surface area contributed by atoms with Gasteiger partial charge in [0.05, 0.1) is 23.5 Å². The molecule has 7 heteroatoms. The molecule has 0 aliphatic carbocycles. The first-order valence-corrected chi connectivity index (χ1v) is 10.3. The van der Waals surface area contributed by atoms with Crippen molar-refractivity contribution >= 4 is 15.7 Å². The van der Waals surface area contributed by atoms with E-state index in [0.29, 0.717) is 12.2 Å². The number of furan rings is 1. The van der Waals surface area contributed by atoms with Crippen LogP contribution in [0.5, 0.6) is 0 Å². The number of sulfone groups is 1. The molecule has 28 heavy (non-hydrogen) atoms. The van der Waals surface area contributed by atoms with Crippen LogP contribution in [-0.2, 0) is 33.5 Å². The molecule has 3 rings (SSSR count). The lowest BCUT2D eigenvalue weighted by Gasteiger charge is -2.10. The largest absolute Gasteiger partial charge is 0.459 e. The molecule has 0 saturated carbocycles. The predicted molar refractivity (Wildman–Crippen MR) is 104 cm³/mol. The van der Waals surface area contributed by atoms with Crippen molar-refractivity contribution in [3.63, 3.8) is 0 Å². The number of benzene rings is 2. The van der Waals surface area contributed by atoms with Gasteiger partial charge in [-0.2, -0.15) is 0 Å². The van der Waals surface area contributed by atoms with Gasteiger partial charge in [-0.3, -0.25) is 4.79 Å². The van der Waals surface area contributed by atoms with Crippen molar-refractivity contribution < 1.29 is 22.4 Å². The van der Waals surface area contributed by atoms with E-state index in [2.05, 4.69) is 5.32 Å². The van der Waals surface area contributed by atoms with Crippen molar-refractivity contribution in [2.45, 2.75) is 23.8 Å². The van der Waals surface area contributed by atoms with Crippen molar-refractivity contribution in [3.05, 3.63) is 89.4 Å². The number of nitrogens with one attached hydrogen (secondary N) is 1. The van der Waals surface area contributed by atoms with Crippen molar-refractivity contribution in [1.29, 1.82) is 0 Å². The van der Waals surface area contributed by atoms with E-state index in [1.54, 1.807) is 25.3 Å². The minimum atomic E-state index is -3.58. The van der Waals surface area contributed by atoms with E-state index in [1.807, 2.05) is 24.3 Å². The van der Waals surface area contributed by atoms with Crippen LogP contribution < -0.4 is 5.32 Å². The van der Waals surface area contributed by atoms with Gasteiger partial charge >= 0.3 is 0 Å². The minimum absolute atomic E-state index is 0.00345. The maximum absolute atomic E-state index is 12.6. The number of methoxy groups -OCH3 is 1. The third kappa shape index (κ3) is 4.68. The standard InChI is InChI=1S/C21H21NO5S/c1-26-14-17-8-6-5-7-16(17)13-22-21(23)20-18(11-12-27-20)15-28(24,25)19-9-3-2-4-10-19/h2-12H,13-15H2,1H3,(H,22,23). The number of amides is 1. The second-order valence-electron chi connectivity index (χ2n) is 6.23. The number of ether oxygens (including phenoxy) is 1. The molecule has 6 nitrogen and oxygen atoms in total. The molecule has 1 aromatic heterocycles. The number of hydrogen-bond donors (Lipinski definition) is 1. The van der Waals surface area contributed by atoms with Crippen molar-refractivity contribution in [1.82, 2.24) is 5.32 Å². The fourth-order valence-corrected chi connectivity index (χ4v) is 4.22. The number of carbonyl (C=O) groups excluding carboxylic acids is 1. The second kappa shape index (κ2) is 8.86. The van der Waals surface area contributed by atoms with Crippen molar-refractivity contribution in [2.75, 3.05) is 7.11 Å². The van der Waals surface area contributed by atoms with Gasteiger partial charge in [0.25, 0.3) is 5.91 Å². The molecule has 0 saturated heterocycles. The molecule has 3 aromatic rings. The van der Waals surface area contributed by atoms with Gasteiger partial charge in [0.2, 0.25) is 0 Å². The Balaban J connectivity index is 1.72. The number of hydrogen-bond acceptors (Lipinski definition) is 5. The summed E-state index contributed by atoms with van der Waals surface area (Å²) >= 11 is 0. The monoisotopic (exact) mass is 399 g/mol. The van der Waals surface area contributed by atoms with Crippen molar-refractivity contribution in [3.8, 4) is 0 Å². The molecule has 0 fully saturated rings. The van der Waals surface area contributed by atoms with Crippen LogP contribution in [0.4, 0.5) is 0 Å². The molecule has 1 heterocycles. The first kappa shape index (κ1) is 19.9. The van der Waals surface area contributed by atoms with Gasteiger partial charge in [-0.25, -0.2) is 8.42 Å². The summed E-state index contributed by atoms with van der Waals surface area (Å²) in [4.78, 5) is 12.8. The van der Waals surface area contributed by atoms with Crippen LogP contribution in [0.25, 0.3) is 0 Å². The minimum Gasteiger partial charge on any atom is -0.459 e. The number of carbonyl (C=O) groups is 1. The Morgan fingerprint density at radius 2 is 1.64 bits per heavy atom. The van der Waals surface area contributed by atoms with E-state index < -0.39 is 15.7 Å². The molecule has 0 bridgehead atoms. The normalized spacial score (nSPS) is 11.3. The van der Waals surface area contributed by atoms with Crippen LogP contribution in [0.15, 0.2) is 76.2 Å². The summed E-state index contributed by atoms with van der Waals surface area (Å²) in [6.45, 7) is 0.720. The molecule has 1 amide bonds. The number of rotatable bonds is 8. The highest BCUT2D eigenvalue weighted by Gasteiger charge is 2.22. The maximum Gasteiger partial charge on any atom is 0.287 e. The molecule has 0 radical (unpaired) electrons. The fraction of sp³-hybridized carbons (Fsp3) is 0.190. The van der Waals surface area contributed by atoms with Crippen LogP contribution in [0.1, 0.15) is 27.2 Å². The first-order chi connectivity index (χ1) is 13.5. The zero-order valence-electron chi connectivity index (χ0n) is 15.4. The van der Waals surface area contributed by atoms with E-state index >= 15 is 0 Å². The summed E-state index contributed by atoms with van der Waals surface area (Å²) in [7, 11) is -1.97. The Bertz CT molecular complexity index is 1040. The van der Waals surface area contributed by atoms with E-state index in [9.17, 15) is 13.2 Å². The summed E-state index contributed by atoms with van der Waals surface area (Å²) in [5, 5.41) is 2.78. The van der Waals surface area contributed by atoms with Crippen LogP contribution in [0.2, 0.25) is 0 Å². The summed E-state index contributed by atoms with van der Waals surface area (Å²) in [6.07, 6.45) is 1.32. The summed E-state index contributed by atoms with van der Waals surface area (Å²) in [5.41, 5.74) is 2.21. The van der Waals surface area contributed by atoms with Gasteiger partial charge in [0, 0.05) is 19.2 Å². The molecule has 0 aliphatic heterocycles. The van der Waals surface area contributed by atoms with Crippen LogP contribution in [0, 0.1) is 0 Å². The Morgan fingerprint density at radius 3 is 2.36 bits per heavy atom. The molecule has 146 valence electrons. The summed E-state index contributed by atoms with van der Waals surface area (Å²) in [6, 6.07) is 17.2. The highest BCUT2D eigenvalue weighted by atomic mass is 32.2. The summed E-state index contributed by atoms with van der Waals surface area (Å²) < 4.78 is 35.6. The lowest BCUT2D eigenvalue weighted by Crippen LogP contribution is -2.24. The van der Waals surface area contributed by atoms with Gasteiger partial charge < -0.3 is 14.5 Å². The van der Waals surface area contributed by atoms with Crippen LogP contribution in [0.3, 0.4) is 0 Å². The average Bonchev–Trinajstić information content (AvgIpc) is 3.15. The molecular formula is C21H21NO5S. The van der Waals surface area contributed by atoms with Crippen molar-refractivity contribution in [2.24, 2.45) is 0 Å². The lowest BCUT2D eigenvalue weighted by molar-refractivity contribution is 0.0921. The zero-order chi connectivity index (χ0) is 20.0. The third-order valence-electron chi connectivity index (χ3n) is 4.26. The Labute approximate surface area is 164 Å². The highest BCUT2D eigenvalue weighted by Crippen LogP contribution is 2.20. The zero-order valence-corrected chi connectivity index (χ0v) is 16.2. The highest BCUT2D eigenvalue weighted by molar-refractivity contribution is 7.90. The maximum atomic E-state index is 12.6. The van der Waals surface area contributed by atoms with Gasteiger partial charge in [-0.15, -0.1) is 0 Å². The molecule has 2 aromatic carbocycles. The van der Waals surface area contributed by atoms with E-state index in [4.69, 9.17) is 9.15 Å². The quantitative estimate of drug-likeness (QED) is 0.628. The van der Waals surface area contributed by atoms with Gasteiger partial charge in [-0.1, -0.05) is 42.5 Å². The van der Waals surface area contributed by atoms with Crippen LogP contribution >= 0.6 is 0 Å². The SMILES string of the molecule is COCc1ccccc1CNC(=O)c1occc1CS(=O)(=O)c1ccccc1. The van der Waals surface area contributed by atoms with E-state index in [-0.39, 0.29) is 23.0 Å². The summed E-state index contributed by atoms with van der Waals surface area (Å²) in [5.74, 6) is -0.768. The van der Waals surface area contributed by atoms with Gasteiger partial charge in [0.1, 0.15) is 0 Å². The fourth-order valence-electron chi connectivity index (χ4n) is 2.85.